The predicted octanol–water partition coefficient (Wildman–Crippen LogP) is 4.63. The van der Waals surface area contributed by atoms with Gasteiger partial charge in [0.1, 0.15) is 5.82 Å². The van der Waals surface area contributed by atoms with Crippen LogP contribution < -0.4 is 10.2 Å². The van der Waals surface area contributed by atoms with Crippen molar-refractivity contribution < 1.29 is 9.18 Å². The molecular weight excluding hydrogens is 303 g/mol. The molecule has 0 unspecified atom stereocenters. The maximum atomic E-state index is 13.5. The molecule has 0 aliphatic carbocycles. The van der Waals surface area contributed by atoms with Gasteiger partial charge >= 0.3 is 0 Å². The Bertz CT molecular complexity index is 668. The molecule has 24 heavy (non-hydrogen) atoms. The van der Waals surface area contributed by atoms with Gasteiger partial charge in [-0.3, -0.25) is 4.79 Å². The third-order valence-electron chi connectivity index (χ3n) is 4.03. The van der Waals surface area contributed by atoms with Crippen molar-refractivity contribution in [2.24, 2.45) is 0 Å². The highest BCUT2D eigenvalue weighted by molar-refractivity contribution is 5.91. The SMILES string of the molecule is CCN(c1ccc(NC(=O)CCc2ccccc2F)cc1)C(C)C. The van der Waals surface area contributed by atoms with E-state index in [0.717, 1.165) is 17.9 Å². The molecule has 1 N–H and O–H groups in total. The van der Waals surface area contributed by atoms with Crippen LogP contribution >= 0.6 is 0 Å². The molecule has 2 aromatic rings. The fourth-order valence-corrected chi connectivity index (χ4v) is 2.75. The first-order valence-electron chi connectivity index (χ1n) is 8.41. The minimum atomic E-state index is -0.261. The standard InChI is InChI=1S/C20H25FN2O/c1-4-23(15(2)3)18-12-10-17(11-13-18)22-20(24)14-9-16-7-5-6-8-19(16)21/h5-8,10-13,15H,4,9,14H2,1-3H3,(H,22,24). The van der Waals surface area contributed by atoms with E-state index in [1.165, 1.54) is 6.07 Å². The summed E-state index contributed by atoms with van der Waals surface area (Å²) < 4.78 is 13.5. The van der Waals surface area contributed by atoms with E-state index in [4.69, 9.17) is 0 Å². The number of hydrogen-bond acceptors (Lipinski definition) is 2. The Morgan fingerprint density at radius 2 is 1.79 bits per heavy atom. The zero-order valence-electron chi connectivity index (χ0n) is 14.6. The quantitative estimate of drug-likeness (QED) is 0.803. The van der Waals surface area contributed by atoms with E-state index < -0.39 is 0 Å². The van der Waals surface area contributed by atoms with E-state index in [9.17, 15) is 9.18 Å². The number of carbonyl (C=O) groups is 1. The summed E-state index contributed by atoms with van der Waals surface area (Å²) in [6, 6.07) is 14.8. The first-order valence-corrected chi connectivity index (χ1v) is 8.41. The van der Waals surface area contributed by atoms with Crippen LogP contribution in [0, 0.1) is 5.82 Å². The summed E-state index contributed by atoms with van der Waals surface area (Å²) in [5.74, 6) is -0.370. The molecule has 2 aromatic carbocycles. The van der Waals surface area contributed by atoms with Gasteiger partial charge in [0, 0.05) is 30.4 Å². The Labute approximate surface area is 143 Å². The summed E-state index contributed by atoms with van der Waals surface area (Å²) in [5, 5.41) is 2.87. The van der Waals surface area contributed by atoms with Gasteiger partial charge in [0.15, 0.2) is 0 Å². The van der Waals surface area contributed by atoms with Crippen LogP contribution in [0.25, 0.3) is 0 Å². The monoisotopic (exact) mass is 328 g/mol. The fourth-order valence-electron chi connectivity index (χ4n) is 2.75. The molecule has 0 aromatic heterocycles. The second kappa shape index (κ2) is 8.48. The number of nitrogens with zero attached hydrogens (tertiary/aromatic N) is 1. The molecule has 2 rings (SSSR count). The minimum absolute atomic E-state index is 0.109. The molecule has 0 aliphatic rings. The van der Waals surface area contributed by atoms with Crippen LogP contribution in [0.4, 0.5) is 15.8 Å². The lowest BCUT2D eigenvalue weighted by molar-refractivity contribution is -0.116. The third-order valence-corrected chi connectivity index (χ3v) is 4.03. The first kappa shape index (κ1) is 18.0. The van der Waals surface area contributed by atoms with E-state index in [1.807, 2.05) is 24.3 Å². The van der Waals surface area contributed by atoms with E-state index in [-0.39, 0.29) is 18.1 Å². The van der Waals surface area contributed by atoms with Crippen molar-refractivity contribution in [3.63, 3.8) is 0 Å². The number of amides is 1. The average Bonchev–Trinajstić information content (AvgIpc) is 2.56. The highest BCUT2D eigenvalue weighted by atomic mass is 19.1. The molecular formula is C20H25FN2O. The van der Waals surface area contributed by atoms with Crippen LogP contribution in [-0.2, 0) is 11.2 Å². The smallest absolute Gasteiger partial charge is 0.224 e. The second-order valence-corrected chi connectivity index (χ2v) is 6.07. The summed E-state index contributed by atoms with van der Waals surface area (Å²) in [7, 11) is 0. The van der Waals surface area contributed by atoms with Crippen molar-refractivity contribution in [3.05, 3.63) is 59.9 Å². The number of hydrogen-bond donors (Lipinski definition) is 1. The van der Waals surface area contributed by atoms with Gasteiger partial charge in [-0.15, -0.1) is 0 Å². The van der Waals surface area contributed by atoms with Gasteiger partial charge in [-0.25, -0.2) is 4.39 Å². The van der Waals surface area contributed by atoms with E-state index in [2.05, 4.69) is 31.0 Å². The maximum absolute atomic E-state index is 13.5. The number of nitrogens with one attached hydrogen (secondary N) is 1. The molecule has 0 saturated heterocycles. The minimum Gasteiger partial charge on any atom is -0.369 e. The Morgan fingerprint density at radius 3 is 2.38 bits per heavy atom. The van der Waals surface area contributed by atoms with Crippen LogP contribution in [-0.4, -0.2) is 18.5 Å². The molecule has 0 fully saturated rings. The molecule has 0 aliphatic heterocycles. The van der Waals surface area contributed by atoms with Crippen LogP contribution in [0.3, 0.4) is 0 Å². The van der Waals surface area contributed by atoms with E-state index in [0.29, 0.717) is 18.0 Å². The molecule has 4 heteroatoms. The molecule has 0 atom stereocenters. The summed E-state index contributed by atoms with van der Waals surface area (Å²) >= 11 is 0. The molecule has 3 nitrogen and oxygen atoms in total. The Morgan fingerprint density at radius 1 is 1.12 bits per heavy atom. The highest BCUT2D eigenvalue weighted by Crippen LogP contribution is 2.20. The highest BCUT2D eigenvalue weighted by Gasteiger charge is 2.09. The zero-order valence-corrected chi connectivity index (χ0v) is 14.6. The molecule has 1 amide bonds. The number of anilines is 2. The van der Waals surface area contributed by atoms with Gasteiger partial charge in [-0.2, -0.15) is 0 Å². The number of carbonyl (C=O) groups excluding carboxylic acids is 1. The van der Waals surface area contributed by atoms with Crippen LogP contribution in [0.1, 0.15) is 32.8 Å². The van der Waals surface area contributed by atoms with Crippen molar-refractivity contribution in [1.29, 1.82) is 0 Å². The lowest BCUT2D eigenvalue weighted by atomic mass is 10.1. The predicted molar refractivity (Wildman–Crippen MR) is 97.9 cm³/mol. The van der Waals surface area contributed by atoms with Crippen molar-refractivity contribution in [2.45, 2.75) is 39.7 Å². The average molecular weight is 328 g/mol. The third kappa shape index (κ3) is 4.82. The fraction of sp³-hybridized carbons (Fsp3) is 0.350. The molecule has 0 bridgehead atoms. The second-order valence-electron chi connectivity index (χ2n) is 6.07. The number of halogens is 1. The summed E-state index contributed by atoms with van der Waals surface area (Å²) in [6.07, 6.45) is 0.656. The largest absolute Gasteiger partial charge is 0.369 e. The van der Waals surface area contributed by atoms with E-state index >= 15 is 0 Å². The van der Waals surface area contributed by atoms with Crippen LogP contribution in [0.5, 0.6) is 0 Å². The van der Waals surface area contributed by atoms with Gasteiger partial charge in [-0.1, -0.05) is 18.2 Å². The Balaban J connectivity index is 1.91. The Kier molecular flexibility index (Phi) is 6.36. The summed E-state index contributed by atoms with van der Waals surface area (Å²) in [5.41, 5.74) is 2.47. The van der Waals surface area contributed by atoms with Crippen molar-refractivity contribution in [2.75, 3.05) is 16.8 Å². The molecule has 0 saturated carbocycles. The molecule has 0 heterocycles. The summed E-state index contributed by atoms with van der Waals surface area (Å²) in [4.78, 5) is 14.3. The van der Waals surface area contributed by atoms with Crippen molar-refractivity contribution >= 4 is 17.3 Å². The number of benzene rings is 2. The Hall–Kier alpha value is -2.36. The van der Waals surface area contributed by atoms with Crippen LogP contribution in [0.2, 0.25) is 0 Å². The van der Waals surface area contributed by atoms with Gasteiger partial charge in [0.2, 0.25) is 5.91 Å². The normalized spacial score (nSPS) is 10.7. The number of rotatable bonds is 7. The topological polar surface area (TPSA) is 32.3 Å². The maximum Gasteiger partial charge on any atom is 0.224 e. The number of aryl methyl sites for hydroxylation is 1. The van der Waals surface area contributed by atoms with Crippen molar-refractivity contribution in [1.82, 2.24) is 0 Å². The van der Waals surface area contributed by atoms with Gasteiger partial charge in [0.05, 0.1) is 0 Å². The van der Waals surface area contributed by atoms with Gasteiger partial charge in [0.25, 0.3) is 0 Å². The first-order chi connectivity index (χ1) is 11.5. The lowest BCUT2D eigenvalue weighted by Crippen LogP contribution is -2.30. The van der Waals surface area contributed by atoms with Gasteiger partial charge < -0.3 is 10.2 Å². The van der Waals surface area contributed by atoms with Crippen molar-refractivity contribution in [3.8, 4) is 0 Å². The lowest BCUT2D eigenvalue weighted by Gasteiger charge is -2.27. The zero-order chi connectivity index (χ0) is 17.5. The van der Waals surface area contributed by atoms with Crippen LogP contribution in [0.15, 0.2) is 48.5 Å². The van der Waals surface area contributed by atoms with Gasteiger partial charge in [-0.05, 0) is 63.1 Å². The molecule has 0 radical (unpaired) electrons. The summed E-state index contributed by atoms with van der Waals surface area (Å²) in [6.45, 7) is 7.37. The van der Waals surface area contributed by atoms with E-state index in [1.54, 1.807) is 18.2 Å². The molecule has 0 spiro atoms. The molecule has 128 valence electrons.